The Morgan fingerprint density at radius 2 is 2.12 bits per heavy atom. The van der Waals surface area contributed by atoms with E-state index >= 15 is 0 Å². The number of benzene rings is 1. The smallest absolute Gasteiger partial charge is 0.118 e. The molecule has 0 aliphatic rings. The normalized spacial score (nSPS) is 11.6. The van der Waals surface area contributed by atoms with E-state index in [1.165, 1.54) is 6.21 Å². The Kier molecular flexibility index (Phi) is 4.11. The first kappa shape index (κ1) is 12.3. The molecule has 0 bridgehead atoms. The number of rotatable bonds is 4. The molecule has 3 heteroatoms. The van der Waals surface area contributed by atoms with E-state index in [0.717, 1.165) is 16.7 Å². The molecule has 0 aliphatic heterocycles. The van der Waals surface area contributed by atoms with Crippen molar-refractivity contribution in [2.45, 2.75) is 26.8 Å². The van der Waals surface area contributed by atoms with Crippen molar-refractivity contribution in [3.8, 4) is 5.75 Å². The van der Waals surface area contributed by atoms with E-state index in [2.05, 4.69) is 5.32 Å². The van der Waals surface area contributed by atoms with Gasteiger partial charge in [-0.05, 0) is 44.0 Å². The van der Waals surface area contributed by atoms with Crippen LogP contribution in [0.2, 0.25) is 0 Å². The van der Waals surface area contributed by atoms with E-state index in [9.17, 15) is 5.11 Å². The number of phenols is 1. The van der Waals surface area contributed by atoms with Gasteiger partial charge in [-0.1, -0.05) is 6.07 Å². The molecule has 0 radical (unpaired) electrons. The number of hydrogen-bond donors (Lipinski definition) is 3. The van der Waals surface area contributed by atoms with Gasteiger partial charge in [0.25, 0.3) is 0 Å². The highest BCUT2D eigenvalue weighted by Gasteiger charge is 2.02. The lowest BCUT2D eigenvalue weighted by molar-refractivity contribution is 0.471. The molecular formula is C13H18N2O. The largest absolute Gasteiger partial charge is 0.508 e. The van der Waals surface area contributed by atoms with Crippen molar-refractivity contribution in [3.63, 3.8) is 0 Å². The van der Waals surface area contributed by atoms with E-state index < -0.39 is 0 Å². The molecule has 3 N–H and O–H groups in total. The predicted molar refractivity (Wildman–Crippen MR) is 67.9 cm³/mol. The number of hydrogen-bond acceptors (Lipinski definition) is 3. The standard InChI is InChI=1S/C13H18N2O/c1-9(2)15-8-12(7-14)11-4-5-13(16)10(3)6-11/h4-9,14-16H,1-3H3/b12-8+,14-7?. The number of allylic oxidation sites excluding steroid dienone is 1. The monoisotopic (exact) mass is 218 g/mol. The zero-order chi connectivity index (χ0) is 12.1. The third-order valence-electron chi connectivity index (χ3n) is 2.26. The van der Waals surface area contributed by atoms with Crippen molar-refractivity contribution in [2.75, 3.05) is 0 Å². The first-order chi connectivity index (χ1) is 7.54. The van der Waals surface area contributed by atoms with Gasteiger partial charge in [-0.2, -0.15) is 0 Å². The lowest BCUT2D eigenvalue weighted by Crippen LogP contribution is -2.16. The van der Waals surface area contributed by atoms with E-state index in [4.69, 9.17) is 5.41 Å². The minimum absolute atomic E-state index is 0.282. The van der Waals surface area contributed by atoms with Crippen molar-refractivity contribution >= 4 is 11.8 Å². The van der Waals surface area contributed by atoms with Crippen LogP contribution in [0.4, 0.5) is 0 Å². The molecule has 0 spiro atoms. The van der Waals surface area contributed by atoms with Crippen LogP contribution >= 0.6 is 0 Å². The summed E-state index contributed by atoms with van der Waals surface area (Å²) in [4.78, 5) is 0. The average molecular weight is 218 g/mol. The summed E-state index contributed by atoms with van der Waals surface area (Å²) in [6, 6.07) is 5.67. The van der Waals surface area contributed by atoms with Gasteiger partial charge in [-0.25, -0.2) is 0 Å². The van der Waals surface area contributed by atoms with Crippen molar-refractivity contribution in [1.29, 1.82) is 5.41 Å². The summed E-state index contributed by atoms with van der Waals surface area (Å²) in [7, 11) is 0. The molecular weight excluding hydrogens is 200 g/mol. The fourth-order valence-corrected chi connectivity index (χ4v) is 1.30. The van der Waals surface area contributed by atoms with Crippen LogP contribution in [-0.2, 0) is 0 Å². The molecule has 0 atom stereocenters. The van der Waals surface area contributed by atoms with Crippen molar-refractivity contribution < 1.29 is 5.11 Å². The topological polar surface area (TPSA) is 56.1 Å². The molecule has 0 fully saturated rings. The van der Waals surface area contributed by atoms with Crippen LogP contribution < -0.4 is 5.32 Å². The van der Waals surface area contributed by atoms with Gasteiger partial charge in [0.15, 0.2) is 0 Å². The summed E-state index contributed by atoms with van der Waals surface area (Å²) >= 11 is 0. The van der Waals surface area contributed by atoms with E-state index in [1.54, 1.807) is 12.1 Å². The molecule has 3 nitrogen and oxygen atoms in total. The first-order valence-electron chi connectivity index (χ1n) is 5.31. The Morgan fingerprint density at radius 1 is 1.44 bits per heavy atom. The second kappa shape index (κ2) is 5.35. The summed E-state index contributed by atoms with van der Waals surface area (Å²) in [6.07, 6.45) is 3.13. The number of aromatic hydroxyl groups is 1. The minimum atomic E-state index is 0.282. The molecule has 1 aromatic rings. The molecule has 0 aliphatic carbocycles. The number of aryl methyl sites for hydroxylation is 1. The van der Waals surface area contributed by atoms with Gasteiger partial charge in [-0.15, -0.1) is 0 Å². The number of nitrogens with one attached hydrogen (secondary N) is 2. The molecule has 16 heavy (non-hydrogen) atoms. The minimum Gasteiger partial charge on any atom is -0.508 e. The molecule has 0 aromatic heterocycles. The van der Waals surface area contributed by atoms with Gasteiger partial charge in [0.1, 0.15) is 5.75 Å². The maximum absolute atomic E-state index is 9.42. The Balaban J connectivity index is 2.99. The highest BCUT2D eigenvalue weighted by molar-refractivity contribution is 6.08. The Labute approximate surface area is 96.3 Å². The van der Waals surface area contributed by atoms with Crippen molar-refractivity contribution in [2.24, 2.45) is 0 Å². The number of phenolic OH excluding ortho intramolecular Hbond substituents is 1. The van der Waals surface area contributed by atoms with Crippen LogP contribution in [0.15, 0.2) is 24.4 Å². The third kappa shape index (κ3) is 3.12. The second-order valence-corrected chi connectivity index (χ2v) is 4.07. The predicted octanol–water partition coefficient (Wildman–Crippen LogP) is 2.69. The zero-order valence-corrected chi connectivity index (χ0v) is 9.91. The van der Waals surface area contributed by atoms with Crippen LogP contribution in [0.3, 0.4) is 0 Å². The summed E-state index contributed by atoms with van der Waals surface area (Å²) in [5.74, 6) is 0.282. The quantitative estimate of drug-likeness (QED) is 0.680. The van der Waals surface area contributed by atoms with Crippen LogP contribution in [0.1, 0.15) is 25.0 Å². The third-order valence-corrected chi connectivity index (χ3v) is 2.26. The fraction of sp³-hybridized carbons (Fsp3) is 0.308. The molecule has 0 saturated carbocycles. The lowest BCUT2D eigenvalue weighted by Gasteiger charge is -2.08. The summed E-state index contributed by atoms with van der Waals surface area (Å²) < 4.78 is 0. The van der Waals surface area contributed by atoms with Crippen LogP contribution in [0.5, 0.6) is 5.75 Å². The van der Waals surface area contributed by atoms with Gasteiger partial charge in [-0.3, -0.25) is 0 Å². The van der Waals surface area contributed by atoms with Crippen LogP contribution in [-0.4, -0.2) is 17.4 Å². The molecule has 0 heterocycles. The van der Waals surface area contributed by atoms with Gasteiger partial charge >= 0.3 is 0 Å². The molecule has 86 valence electrons. The van der Waals surface area contributed by atoms with Crippen LogP contribution in [0, 0.1) is 12.3 Å². The summed E-state index contributed by atoms with van der Waals surface area (Å²) in [6.45, 7) is 5.93. The van der Waals surface area contributed by atoms with Crippen molar-refractivity contribution in [3.05, 3.63) is 35.5 Å². The van der Waals surface area contributed by atoms with Crippen molar-refractivity contribution in [1.82, 2.24) is 5.32 Å². The fourth-order valence-electron chi connectivity index (χ4n) is 1.30. The van der Waals surface area contributed by atoms with Crippen LogP contribution in [0.25, 0.3) is 5.57 Å². The molecule has 0 saturated heterocycles. The average Bonchev–Trinajstić information content (AvgIpc) is 2.23. The first-order valence-corrected chi connectivity index (χ1v) is 5.31. The maximum atomic E-state index is 9.42. The van der Waals surface area contributed by atoms with E-state index in [1.807, 2.05) is 33.0 Å². The maximum Gasteiger partial charge on any atom is 0.118 e. The second-order valence-electron chi connectivity index (χ2n) is 4.07. The lowest BCUT2D eigenvalue weighted by atomic mass is 10.0. The molecule has 1 rings (SSSR count). The summed E-state index contributed by atoms with van der Waals surface area (Å²) in [5, 5.41) is 19.9. The van der Waals surface area contributed by atoms with E-state index in [-0.39, 0.29) is 5.75 Å². The van der Waals surface area contributed by atoms with Gasteiger partial charge in [0, 0.05) is 24.0 Å². The Morgan fingerprint density at radius 3 is 2.62 bits per heavy atom. The van der Waals surface area contributed by atoms with Gasteiger partial charge < -0.3 is 15.8 Å². The Bertz CT molecular complexity index is 408. The van der Waals surface area contributed by atoms with Gasteiger partial charge in [0.05, 0.1) is 0 Å². The SMILES string of the molecule is Cc1cc(/C(C=N)=C/NC(C)C)ccc1O. The van der Waals surface area contributed by atoms with E-state index in [0.29, 0.717) is 6.04 Å². The summed E-state index contributed by atoms with van der Waals surface area (Å²) in [5.41, 5.74) is 2.55. The molecule has 1 aromatic carbocycles. The van der Waals surface area contributed by atoms with Gasteiger partial charge in [0.2, 0.25) is 0 Å². The molecule has 0 unspecified atom stereocenters. The Hall–Kier alpha value is -1.77. The highest BCUT2D eigenvalue weighted by atomic mass is 16.3. The molecule has 0 amide bonds. The highest BCUT2D eigenvalue weighted by Crippen LogP contribution is 2.20. The zero-order valence-electron chi connectivity index (χ0n) is 9.91.